The fraction of sp³-hybridized carbons (Fsp3) is 0.923. The largest absolute Gasteiger partial charge is 0.463 e. The van der Waals surface area contributed by atoms with E-state index in [0.29, 0.717) is 6.42 Å². The van der Waals surface area contributed by atoms with E-state index in [2.05, 4.69) is 6.92 Å². The van der Waals surface area contributed by atoms with E-state index in [9.17, 15) is 30.0 Å². The molecule has 0 saturated carbocycles. The minimum absolute atomic E-state index is 0.231. The fourth-order valence-corrected chi connectivity index (χ4v) is 3.74. The Balaban J connectivity index is 3.63. The van der Waals surface area contributed by atoms with E-state index >= 15 is 0 Å². The summed E-state index contributed by atoms with van der Waals surface area (Å²) in [6, 6.07) is 0. The molecular formula is C26H50O7. The number of hydrogen-bond acceptors (Lipinski definition) is 7. The van der Waals surface area contributed by atoms with Gasteiger partial charge in [0.2, 0.25) is 0 Å². The zero-order chi connectivity index (χ0) is 25.1. The quantitative estimate of drug-likeness (QED) is 0.137. The molecular weight excluding hydrogens is 424 g/mol. The molecule has 0 amide bonds. The molecule has 7 heteroatoms. The van der Waals surface area contributed by atoms with E-state index < -0.39 is 42.3 Å². The van der Waals surface area contributed by atoms with Gasteiger partial charge in [-0.25, -0.2) is 0 Å². The number of aliphatic hydroxyl groups is 4. The number of unbranched alkanes of at least 4 members (excludes halogenated alkanes) is 14. The molecule has 0 saturated heterocycles. The number of esters is 1. The molecule has 0 radical (unpaired) electrons. The van der Waals surface area contributed by atoms with Gasteiger partial charge in [0.25, 0.3) is 0 Å². The van der Waals surface area contributed by atoms with Gasteiger partial charge in [0.05, 0.1) is 0 Å². The molecule has 4 N–H and O–H groups in total. The van der Waals surface area contributed by atoms with Gasteiger partial charge in [0, 0.05) is 6.42 Å². The highest BCUT2D eigenvalue weighted by molar-refractivity contribution is 5.85. The van der Waals surface area contributed by atoms with Crippen molar-refractivity contribution in [2.75, 3.05) is 6.61 Å². The number of rotatable bonds is 22. The predicted molar refractivity (Wildman–Crippen MR) is 130 cm³/mol. The van der Waals surface area contributed by atoms with Gasteiger partial charge in [0.15, 0.2) is 5.78 Å². The summed E-state index contributed by atoms with van der Waals surface area (Å²) < 4.78 is 4.94. The molecule has 4 atom stereocenters. The van der Waals surface area contributed by atoms with Gasteiger partial charge < -0.3 is 25.2 Å². The highest BCUT2D eigenvalue weighted by atomic mass is 16.5. The van der Waals surface area contributed by atoms with Gasteiger partial charge in [-0.2, -0.15) is 0 Å². The Bertz CT molecular complexity index is 507. The van der Waals surface area contributed by atoms with Crippen LogP contribution in [0.3, 0.4) is 0 Å². The third-order valence-electron chi connectivity index (χ3n) is 6.41. The fourth-order valence-electron chi connectivity index (χ4n) is 3.74. The first-order chi connectivity index (χ1) is 15.6. The van der Waals surface area contributed by atoms with E-state index in [1.807, 2.05) is 0 Å². The molecule has 0 unspecified atom stereocenters. The molecule has 0 heterocycles. The van der Waals surface area contributed by atoms with E-state index in [4.69, 9.17) is 4.74 Å². The van der Waals surface area contributed by atoms with Crippen molar-refractivity contribution < 1.29 is 34.8 Å². The normalized spacial score (nSPS) is 16.1. The molecule has 0 fully saturated rings. The average Bonchev–Trinajstić information content (AvgIpc) is 2.78. The van der Waals surface area contributed by atoms with Crippen LogP contribution < -0.4 is 0 Å². The summed E-state index contributed by atoms with van der Waals surface area (Å²) in [4.78, 5) is 23.1. The zero-order valence-corrected chi connectivity index (χ0v) is 21.3. The molecule has 0 aliphatic heterocycles. The first-order valence-electron chi connectivity index (χ1n) is 13.1. The third kappa shape index (κ3) is 15.5. The van der Waals surface area contributed by atoms with Gasteiger partial charge in [0.1, 0.15) is 30.5 Å². The van der Waals surface area contributed by atoms with Crippen molar-refractivity contribution in [3.8, 4) is 0 Å². The Morgan fingerprint density at radius 3 is 1.55 bits per heavy atom. The van der Waals surface area contributed by atoms with Gasteiger partial charge in [-0.05, 0) is 20.3 Å². The van der Waals surface area contributed by atoms with E-state index in [-0.39, 0.29) is 6.42 Å². The summed E-state index contributed by atoms with van der Waals surface area (Å²) in [6.07, 6.45) is 13.5. The molecule has 0 bridgehead atoms. The molecule has 196 valence electrons. The van der Waals surface area contributed by atoms with Crippen LogP contribution in [0.15, 0.2) is 0 Å². The van der Waals surface area contributed by atoms with Crippen LogP contribution in [0.4, 0.5) is 0 Å². The molecule has 0 spiro atoms. The molecule has 7 nitrogen and oxygen atoms in total. The number of aliphatic hydroxyl groups excluding tert-OH is 3. The molecule has 0 aromatic rings. The van der Waals surface area contributed by atoms with Gasteiger partial charge in [-0.1, -0.05) is 96.8 Å². The van der Waals surface area contributed by atoms with Gasteiger partial charge >= 0.3 is 5.97 Å². The van der Waals surface area contributed by atoms with Crippen LogP contribution in [0.1, 0.15) is 124 Å². The highest BCUT2D eigenvalue weighted by Gasteiger charge is 2.42. The Hall–Kier alpha value is -1.02. The summed E-state index contributed by atoms with van der Waals surface area (Å²) in [6.45, 7) is 3.86. The summed E-state index contributed by atoms with van der Waals surface area (Å²) >= 11 is 0. The topological polar surface area (TPSA) is 124 Å². The number of carbonyl (C=O) groups excluding carboxylic acids is 2. The van der Waals surface area contributed by atoms with E-state index in [1.165, 1.54) is 77.0 Å². The Labute approximate surface area is 200 Å². The van der Waals surface area contributed by atoms with Crippen LogP contribution in [0.25, 0.3) is 0 Å². The van der Waals surface area contributed by atoms with Crippen molar-refractivity contribution in [1.29, 1.82) is 0 Å². The summed E-state index contributed by atoms with van der Waals surface area (Å²) in [5, 5.41) is 39.5. The second-order valence-electron chi connectivity index (χ2n) is 9.59. The van der Waals surface area contributed by atoms with Crippen LogP contribution >= 0.6 is 0 Å². The van der Waals surface area contributed by atoms with Crippen LogP contribution in [0.2, 0.25) is 0 Å². The lowest BCUT2D eigenvalue weighted by Gasteiger charge is -2.31. The second-order valence-corrected chi connectivity index (χ2v) is 9.59. The molecule has 0 aliphatic carbocycles. The van der Waals surface area contributed by atoms with Crippen molar-refractivity contribution in [1.82, 2.24) is 0 Å². The molecule has 0 rings (SSSR count). The van der Waals surface area contributed by atoms with Crippen molar-refractivity contribution in [3.05, 3.63) is 0 Å². The number of ether oxygens (including phenoxy) is 1. The first-order valence-corrected chi connectivity index (χ1v) is 13.1. The van der Waals surface area contributed by atoms with Crippen LogP contribution in [0.5, 0.6) is 0 Å². The lowest BCUT2D eigenvalue weighted by molar-refractivity contribution is -0.173. The molecule has 0 aromatic carbocycles. The minimum Gasteiger partial charge on any atom is -0.463 e. The summed E-state index contributed by atoms with van der Waals surface area (Å²) in [5.74, 6) is -1.23. The van der Waals surface area contributed by atoms with Crippen molar-refractivity contribution in [3.63, 3.8) is 0 Å². The highest BCUT2D eigenvalue weighted by Crippen LogP contribution is 2.17. The van der Waals surface area contributed by atoms with Crippen molar-refractivity contribution in [2.45, 2.75) is 147 Å². The smallest absolute Gasteiger partial charge is 0.305 e. The lowest BCUT2D eigenvalue weighted by atomic mass is 9.89. The minimum atomic E-state index is -2.20. The molecule has 0 aliphatic rings. The standard InChI is InChI=1S/C26H50O7/c1-4-5-6-7-8-9-10-11-12-13-14-15-16-17-18-19-23(29)33-20-22(28)24(30)25(31)26(3,32)21(2)27/h22,24-25,28,30-32H,4-20H2,1-3H3/t22-,24-,25+,26+/m1/s1. The maximum absolute atomic E-state index is 11.8. The molecule has 33 heavy (non-hydrogen) atoms. The van der Waals surface area contributed by atoms with Crippen LogP contribution in [-0.2, 0) is 14.3 Å². The summed E-state index contributed by atoms with van der Waals surface area (Å²) in [5.41, 5.74) is -2.20. The zero-order valence-electron chi connectivity index (χ0n) is 21.3. The SMILES string of the molecule is CCCCCCCCCCCCCCCCCC(=O)OC[C@@H](O)[C@@H](O)[C@H](O)[C@@](C)(O)C(C)=O. The molecule has 0 aromatic heterocycles. The Morgan fingerprint density at radius 2 is 1.15 bits per heavy atom. The lowest BCUT2D eigenvalue weighted by Crippen LogP contribution is -2.55. The van der Waals surface area contributed by atoms with Gasteiger partial charge in [-0.3, -0.25) is 9.59 Å². The van der Waals surface area contributed by atoms with E-state index in [1.54, 1.807) is 0 Å². The number of hydrogen-bond donors (Lipinski definition) is 4. The number of ketones is 1. The third-order valence-corrected chi connectivity index (χ3v) is 6.41. The maximum Gasteiger partial charge on any atom is 0.305 e. The van der Waals surface area contributed by atoms with Crippen molar-refractivity contribution >= 4 is 11.8 Å². The first kappa shape index (κ1) is 32.0. The predicted octanol–water partition coefficient (Wildman–Crippen LogP) is 4.21. The number of Topliss-reactive ketones (excluding diaryl/α,β-unsaturated/α-hetero) is 1. The number of carbonyl (C=O) groups is 2. The monoisotopic (exact) mass is 474 g/mol. The Morgan fingerprint density at radius 1 is 0.758 bits per heavy atom. The Kier molecular flexibility index (Phi) is 18.7. The van der Waals surface area contributed by atoms with Crippen LogP contribution in [0, 0.1) is 0 Å². The maximum atomic E-state index is 11.8. The second kappa shape index (κ2) is 19.3. The van der Waals surface area contributed by atoms with Crippen LogP contribution in [-0.4, -0.2) is 62.7 Å². The van der Waals surface area contributed by atoms with E-state index in [0.717, 1.165) is 26.7 Å². The van der Waals surface area contributed by atoms with Gasteiger partial charge in [-0.15, -0.1) is 0 Å². The summed E-state index contributed by atoms with van der Waals surface area (Å²) in [7, 11) is 0. The average molecular weight is 475 g/mol. The van der Waals surface area contributed by atoms with Crippen molar-refractivity contribution in [2.24, 2.45) is 0 Å².